The Labute approximate surface area is 179 Å². The van der Waals surface area contributed by atoms with Crippen LogP contribution >= 0.6 is 0 Å². The standard InChI is InChI=1S/C22H32N2O5S/c1-16-7-4-5-14-23(16)30(27,28)20-12-10-19(11-13-20)22(26)29-15-21(25)24-17(2)8-6-9-18(24)3/h10-13,16-18H,4-9,14-15H2,1-3H3. The topological polar surface area (TPSA) is 84.0 Å². The van der Waals surface area contributed by atoms with Gasteiger partial charge in [0.2, 0.25) is 10.0 Å². The van der Waals surface area contributed by atoms with Crippen molar-refractivity contribution in [2.24, 2.45) is 0 Å². The van der Waals surface area contributed by atoms with E-state index in [0.29, 0.717) is 6.54 Å². The second-order valence-electron chi connectivity index (χ2n) is 8.49. The molecular formula is C22H32N2O5S. The van der Waals surface area contributed by atoms with Gasteiger partial charge in [-0.2, -0.15) is 4.31 Å². The van der Waals surface area contributed by atoms with E-state index in [1.165, 1.54) is 28.6 Å². The molecule has 8 heteroatoms. The van der Waals surface area contributed by atoms with Crippen molar-refractivity contribution in [3.05, 3.63) is 29.8 Å². The molecule has 0 spiro atoms. The molecule has 30 heavy (non-hydrogen) atoms. The number of benzene rings is 1. The van der Waals surface area contributed by atoms with Crippen LogP contribution in [-0.4, -0.2) is 60.8 Å². The third kappa shape index (κ3) is 4.86. The van der Waals surface area contributed by atoms with Crippen molar-refractivity contribution in [3.63, 3.8) is 0 Å². The lowest BCUT2D eigenvalue weighted by Gasteiger charge is -2.38. The highest BCUT2D eigenvalue weighted by atomic mass is 32.2. The van der Waals surface area contributed by atoms with Crippen LogP contribution in [0, 0.1) is 0 Å². The summed E-state index contributed by atoms with van der Waals surface area (Å²) in [4.78, 5) is 26.8. The number of sulfonamides is 1. The molecular weight excluding hydrogens is 404 g/mol. The number of piperidine rings is 2. The molecule has 2 heterocycles. The first-order chi connectivity index (χ1) is 14.2. The number of ether oxygens (including phenoxy) is 1. The van der Waals surface area contributed by atoms with E-state index in [0.717, 1.165) is 38.5 Å². The molecule has 1 aromatic rings. The molecule has 2 aliphatic heterocycles. The number of esters is 1. The fourth-order valence-corrected chi connectivity index (χ4v) is 6.22. The van der Waals surface area contributed by atoms with Gasteiger partial charge in [-0.05, 0) is 77.1 Å². The molecule has 0 bridgehead atoms. The lowest BCUT2D eigenvalue weighted by Crippen LogP contribution is -2.49. The normalized spacial score (nSPS) is 25.7. The zero-order valence-corrected chi connectivity index (χ0v) is 18.9. The number of likely N-dealkylation sites (tertiary alicyclic amines) is 1. The van der Waals surface area contributed by atoms with Crippen LogP contribution in [0.5, 0.6) is 0 Å². The van der Waals surface area contributed by atoms with Crippen LogP contribution < -0.4 is 0 Å². The van der Waals surface area contributed by atoms with Crippen molar-refractivity contribution in [1.82, 2.24) is 9.21 Å². The van der Waals surface area contributed by atoms with Crippen LogP contribution in [-0.2, 0) is 19.6 Å². The zero-order valence-electron chi connectivity index (χ0n) is 18.0. The summed E-state index contributed by atoms with van der Waals surface area (Å²) in [5.41, 5.74) is 0.230. The van der Waals surface area contributed by atoms with E-state index in [9.17, 15) is 18.0 Å². The van der Waals surface area contributed by atoms with E-state index < -0.39 is 16.0 Å². The van der Waals surface area contributed by atoms with Gasteiger partial charge in [-0.15, -0.1) is 0 Å². The lowest BCUT2D eigenvalue weighted by molar-refractivity contribution is -0.140. The molecule has 1 aromatic carbocycles. The van der Waals surface area contributed by atoms with Crippen molar-refractivity contribution in [2.45, 2.75) is 82.3 Å². The van der Waals surface area contributed by atoms with Gasteiger partial charge in [-0.3, -0.25) is 4.79 Å². The van der Waals surface area contributed by atoms with Gasteiger partial charge in [0.15, 0.2) is 6.61 Å². The van der Waals surface area contributed by atoms with E-state index >= 15 is 0 Å². The molecule has 0 radical (unpaired) electrons. The van der Waals surface area contributed by atoms with Crippen LogP contribution in [0.25, 0.3) is 0 Å². The van der Waals surface area contributed by atoms with Gasteiger partial charge in [0, 0.05) is 24.7 Å². The Morgan fingerprint density at radius 1 is 0.933 bits per heavy atom. The lowest BCUT2D eigenvalue weighted by atomic mass is 9.97. The highest BCUT2D eigenvalue weighted by Gasteiger charge is 2.31. The summed E-state index contributed by atoms with van der Waals surface area (Å²) in [7, 11) is -3.59. The Bertz CT molecular complexity index is 858. The van der Waals surface area contributed by atoms with Gasteiger partial charge in [0.05, 0.1) is 10.5 Å². The van der Waals surface area contributed by atoms with Gasteiger partial charge >= 0.3 is 5.97 Å². The highest BCUT2D eigenvalue weighted by Crippen LogP contribution is 2.26. The Hall–Kier alpha value is -1.93. The number of amides is 1. The highest BCUT2D eigenvalue weighted by molar-refractivity contribution is 7.89. The number of carbonyl (C=O) groups excluding carboxylic acids is 2. The molecule has 3 unspecified atom stereocenters. The smallest absolute Gasteiger partial charge is 0.338 e. The van der Waals surface area contributed by atoms with E-state index in [4.69, 9.17) is 4.74 Å². The van der Waals surface area contributed by atoms with Crippen molar-refractivity contribution < 1.29 is 22.7 Å². The van der Waals surface area contributed by atoms with Gasteiger partial charge in [-0.25, -0.2) is 13.2 Å². The minimum Gasteiger partial charge on any atom is -0.452 e. The average molecular weight is 437 g/mol. The summed E-state index contributed by atoms with van der Waals surface area (Å²) in [5.74, 6) is -0.822. The van der Waals surface area contributed by atoms with Gasteiger partial charge in [0.25, 0.3) is 5.91 Å². The third-order valence-electron chi connectivity index (χ3n) is 6.25. The summed E-state index contributed by atoms with van der Waals surface area (Å²) in [6.45, 7) is 6.15. The van der Waals surface area contributed by atoms with Crippen LogP contribution in [0.15, 0.2) is 29.2 Å². The molecule has 3 rings (SSSR count). The fourth-order valence-electron chi connectivity index (χ4n) is 4.53. The SMILES string of the molecule is CC1CCCC(C)N1C(=O)COC(=O)c1ccc(S(=O)(=O)N2CCCCC2C)cc1. The van der Waals surface area contributed by atoms with Crippen molar-refractivity contribution in [3.8, 4) is 0 Å². The minimum atomic E-state index is -3.59. The molecule has 7 nitrogen and oxygen atoms in total. The van der Waals surface area contributed by atoms with Gasteiger partial charge in [-0.1, -0.05) is 6.42 Å². The molecule has 166 valence electrons. The maximum Gasteiger partial charge on any atom is 0.338 e. The molecule has 0 aromatic heterocycles. The van der Waals surface area contributed by atoms with E-state index in [2.05, 4.69) is 0 Å². The van der Waals surface area contributed by atoms with E-state index in [1.807, 2.05) is 20.8 Å². The first-order valence-corrected chi connectivity index (χ1v) is 12.3. The summed E-state index contributed by atoms with van der Waals surface area (Å²) >= 11 is 0. The first kappa shape index (κ1) is 22.7. The number of carbonyl (C=O) groups is 2. The van der Waals surface area contributed by atoms with E-state index in [1.54, 1.807) is 4.90 Å². The Morgan fingerprint density at radius 3 is 2.13 bits per heavy atom. The van der Waals surface area contributed by atoms with Crippen molar-refractivity contribution >= 4 is 21.9 Å². The average Bonchev–Trinajstić information content (AvgIpc) is 2.72. The van der Waals surface area contributed by atoms with Crippen LogP contribution in [0.2, 0.25) is 0 Å². The largest absolute Gasteiger partial charge is 0.452 e. The number of nitrogens with zero attached hydrogens (tertiary/aromatic N) is 2. The van der Waals surface area contributed by atoms with Crippen LogP contribution in [0.3, 0.4) is 0 Å². The molecule has 0 N–H and O–H groups in total. The summed E-state index contributed by atoms with van der Waals surface area (Å²) in [5, 5.41) is 0. The van der Waals surface area contributed by atoms with Gasteiger partial charge in [0.1, 0.15) is 0 Å². The predicted octanol–water partition coefficient (Wildman–Crippen LogP) is 3.20. The summed E-state index contributed by atoms with van der Waals surface area (Å²) in [6, 6.07) is 6.01. The van der Waals surface area contributed by atoms with Crippen molar-refractivity contribution in [2.75, 3.05) is 13.2 Å². The Morgan fingerprint density at radius 2 is 1.53 bits per heavy atom. The minimum absolute atomic E-state index is 0.0287. The molecule has 2 aliphatic rings. The molecule has 2 fully saturated rings. The predicted molar refractivity (Wildman–Crippen MR) is 114 cm³/mol. The second-order valence-corrected chi connectivity index (χ2v) is 10.4. The van der Waals surface area contributed by atoms with Crippen molar-refractivity contribution in [1.29, 1.82) is 0 Å². The maximum atomic E-state index is 12.9. The van der Waals surface area contributed by atoms with E-state index in [-0.39, 0.29) is 41.1 Å². The quantitative estimate of drug-likeness (QED) is 0.662. The van der Waals surface area contributed by atoms with Gasteiger partial charge < -0.3 is 9.64 Å². The Kier molecular flexibility index (Phi) is 7.18. The molecule has 2 saturated heterocycles. The molecule has 3 atom stereocenters. The van der Waals surface area contributed by atoms with Crippen LogP contribution in [0.1, 0.15) is 69.7 Å². The molecule has 0 saturated carbocycles. The fraction of sp³-hybridized carbons (Fsp3) is 0.636. The number of hydrogen-bond donors (Lipinski definition) is 0. The monoisotopic (exact) mass is 436 g/mol. The summed E-state index contributed by atoms with van der Waals surface area (Å²) in [6.07, 6.45) is 5.75. The molecule has 0 aliphatic carbocycles. The first-order valence-electron chi connectivity index (χ1n) is 10.8. The molecule has 1 amide bonds. The zero-order chi connectivity index (χ0) is 21.9. The third-order valence-corrected chi connectivity index (χ3v) is 8.27. The number of rotatable bonds is 5. The number of hydrogen-bond acceptors (Lipinski definition) is 5. The van der Waals surface area contributed by atoms with Crippen LogP contribution in [0.4, 0.5) is 0 Å². The summed E-state index contributed by atoms with van der Waals surface area (Å²) < 4.78 is 32.5. The Balaban J connectivity index is 1.62. The maximum absolute atomic E-state index is 12.9. The second kappa shape index (κ2) is 9.47.